The summed E-state index contributed by atoms with van der Waals surface area (Å²) in [5, 5.41) is 4.97. The fourth-order valence-electron chi connectivity index (χ4n) is 3.33. The van der Waals surface area contributed by atoms with Gasteiger partial charge in [0.05, 0.1) is 0 Å². The Morgan fingerprint density at radius 1 is 1.07 bits per heavy atom. The van der Waals surface area contributed by atoms with Gasteiger partial charge in [0.2, 0.25) is 0 Å². The lowest BCUT2D eigenvalue weighted by atomic mass is 9.96. The summed E-state index contributed by atoms with van der Waals surface area (Å²) >= 11 is 0. The lowest BCUT2D eigenvalue weighted by molar-refractivity contribution is 0.451. The summed E-state index contributed by atoms with van der Waals surface area (Å²) in [4.78, 5) is 3.61. The maximum atomic E-state index is 3.61. The number of hydrogen-bond acceptors (Lipinski definition) is 1. The van der Waals surface area contributed by atoms with E-state index in [1.165, 1.54) is 23.0 Å². The van der Waals surface area contributed by atoms with E-state index in [1.54, 1.807) is 5.56 Å². The van der Waals surface area contributed by atoms with E-state index in [4.69, 9.17) is 0 Å². The van der Waals surface area contributed by atoms with Gasteiger partial charge >= 0.3 is 0 Å². The second kappa shape index (κ2) is 2.64. The van der Waals surface area contributed by atoms with Crippen LogP contribution in [0.15, 0.2) is 24.3 Å². The summed E-state index contributed by atoms with van der Waals surface area (Å²) in [7, 11) is 0. The molecule has 1 fully saturated rings. The van der Waals surface area contributed by atoms with Gasteiger partial charge in [-0.3, -0.25) is 0 Å². The molecular weight excluding hydrogens is 184 g/mol. The first kappa shape index (κ1) is 7.94. The number of nitrogens with one attached hydrogen (secondary N) is 2. The number of aromatic amines is 1. The van der Waals surface area contributed by atoms with E-state index < -0.39 is 0 Å². The molecule has 1 saturated heterocycles. The number of para-hydroxylation sites is 1. The molecule has 15 heavy (non-hydrogen) atoms. The lowest BCUT2D eigenvalue weighted by Gasteiger charge is -2.20. The molecule has 2 nitrogen and oxygen atoms in total. The van der Waals surface area contributed by atoms with Crippen molar-refractivity contribution in [2.75, 3.05) is 13.1 Å². The smallest absolute Gasteiger partial charge is 0.0459 e. The van der Waals surface area contributed by atoms with Crippen LogP contribution in [0.5, 0.6) is 0 Å². The molecule has 0 radical (unpaired) electrons. The topological polar surface area (TPSA) is 27.8 Å². The van der Waals surface area contributed by atoms with Crippen molar-refractivity contribution < 1.29 is 0 Å². The van der Waals surface area contributed by atoms with Gasteiger partial charge in [0.25, 0.3) is 0 Å². The Morgan fingerprint density at radius 3 is 2.93 bits per heavy atom. The van der Waals surface area contributed by atoms with E-state index in [2.05, 4.69) is 34.6 Å². The number of fused-ring (bicyclic) bond motifs is 7. The van der Waals surface area contributed by atoms with Gasteiger partial charge in [-0.15, -0.1) is 0 Å². The van der Waals surface area contributed by atoms with Crippen LogP contribution in [0.2, 0.25) is 0 Å². The molecule has 2 heterocycles. The van der Waals surface area contributed by atoms with Crippen molar-refractivity contribution in [1.82, 2.24) is 10.3 Å². The largest absolute Gasteiger partial charge is 0.358 e. The predicted molar refractivity (Wildman–Crippen MR) is 61.3 cm³/mol. The molecule has 1 aromatic carbocycles. The standard InChI is InChI=1S/C13H14N2/c1-2-4-11-10(3-1)12-8-5-9(7-14-6-8)13(12)15-11/h1-4,8-9,14-15H,5-7H2. The van der Waals surface area contributed by atoms with Gasteiger partial charge in [-0.2, -0.15) is 0 Å². The molecule has 0 spiro atoms. The molecule has 2 aromatic rings. The minimum Gasteiger partial charge on any atom is -0.358 e. The first-order chi connectivity index (χ1) is 7.43. The van der Waals surface area contributed by atoms with Crippen LogP contribution in [-0.2, 0) is 0 Å². The number of rotatable bonds is 0. The van der Waals surface area contributed by atoms with Crippen LogP contribution in [0.25, 0.3) is 10.9 Å². The zero-order valence-corrected chi connectivity index (χ0v) is 8.59. The van der Waals surface area contributed by atoms with Crippen molar-refractivity contribution in [2.45, 2.75) is 18.3 Å². The fraction of sp³-hybridized carbons (Fsp3) is 0.385. The normalized spacial score (nSPS) is 28.3. The first-order valence-corrected chi connectivity index (χ1v) is 5.74. The number of hydrogen-bond donors (Lipinski definition) is 2. The molecule has 2 aliphatic rings. The molecule has 2 unspecified atom stereocenters. The third-order valence-electron chi connectivity index (χ3n) is 3.94. The van der Waals surface area contributed by atoms with E-state index in [9.17, 15) is 0 Å². The molecule has 0 saturated carbocycles. The predicted octanol–water partition coefficient (Wildman–Crippen LogP) is 2.34. The number of benzene rings is 1. The van der Waals surface area contributed by atoms with E-state index in [0.717, 1.165) is 24.9 Å². The van der Waals surface area contributed by atoms with Crippen LogP contribution in [0.4, 0.5) is 0 Å². The van der Waals surface area contributed by atoms with E-state index in [-0.39, 0.29) is 0 Å². The molecular formula is C13H14N2. The fourth-order valence-corrected chi connectivity index (χ4v) is 3.33. The average Bonchev–Trinajstić information content (AvgIpc) is 2.77. The Bertz CT molecular complexity index is 526. The van der Waals surface area contributed by atoms with Crippen LogP contribution in [0.1, 0.15) is 29.5 Å². The van der Waals surface area contributed by atoms with Crippen molar-refractivity contribution in [3.05, 3.63) is 35.5 Å². The Balaban J connectivity index is 2.06. The molecule has 2 N–H and O–H groups in total. The van der Waals surface area contributed by atoms with Crippen molar-refractivity contribution in [1.29, 1.82) is 0 Å². The van der Waals surface area contributed by atoms with Gasteiger partial charge in [-0.25, -0.2) is 0 Å². The summed E-state index contributed by atoms with van der Waals surface area (Å²) in [5.74, 6) is 1.47. The summed E-state index contributed by atoms with van der Waals surface area (Å²) < 4.78 is 0. The van der Waals surface area contributed by atoms with Crippen LogP contribution in [0.3, 0.4) is 0 Å². The molecule has 0 amide bonds. The number of H-pyrrole nitrogens is 1. The highest BCUT2D eigenvalue weighted by Gasteiger charge is 2.36. The molecule has 1 aliphatic carbocycles. The monoisotopic (exact) mass is 198 g/mol. The first-order valence-electron chi connectivity index (χ1n) is 5.74. The summed E-state index contributed by atoms with van der Waals surface area (Å²) in [6.07, 6.45) is 1.35. The van der Waals surface area contributed by atoms with Gasteiger partial charge < -0.3 is 10.3 Å². The Hall–Kier alpha value is -1.28. The maximum Gasteiger partial charge on any atom is 0.0459 e. The molecule has 2 atom stereocenters. The Labute approximate surface area is 88.7 Å². The van der Waals surface area contributed by atoms with Gasteiger partial charge in [-0.05, 0) is 24.0 Å². The zero-order chi connectivity index (χ0) is 9.83. The van der Waals surface area contributed by atoms with Crippen LogP contribution in [-0.4, -0.2) is 18.1 Å². The third kappa shape index (κ3) is 0.927. The summed E-state index contributed by atoms with van der Waals surface area (Å²) in [6.45, 7) is 2.31. The Morgan fingerprint density at radius 2 is 1.93 bits per heavy atom. The van der Waals surface area contributed by atoms with E-state index in [1.807, 2.05) is 0 Å². The van der Waals surface area contributed by atoms with E-state index in [0.29, 0.717) is 0 Å². The minimum absolute atomic E-state index is 0.728. The SMILES string of the molecule is c1ccc2c3c([nH]c2c1)C1CNCC3C1. The highest BCUT2D eigenvalue weighted by atomic mass is 14.9. The molecule has 4 rings (SSSR count). The zero-order valence-electron chi connectivity index (χ0n) is 8.59. The van der Waals surface area contributed by atoms with Crippen molar-refractivity contribution >= 4 is 10.9 Å². The molecule has 2 heteroatoms. The summed E-state index contributed by atoms with van der Waals surface area (Å²) in [5.41, 5.74) is 4.42. The van der Waals surface area contributed by atoms with E-state index >= 15 is 0 Å². The van der Waals surface area contributed by atoms with Crippen LogP contribution < -0.4 is 5.32 Å². The number of piperidine rings is 1. The lowest BCUT2D eigenvalue weighted by Crippen LogP contribution is -2.29. The third-order valence-corrected chi connectivity index (χ3v) is 3.94. The average molecular weight is 198 g/mol. The van der Waals surface area contributed by atoms with Gasteiger partial charge in [0.1, 0.15) is 0 Å². The minimum atomic E-state index is 0.728. The van der Waals surface area contributed by atoms with Crippen molar-refractivity contribution in [2.24, 2.45) is 0 Å². The quantitative estimate of drug-likeness (QED) is 0.668. The highest BCUT2D eigenvalue weighted by Crippen LogP contribution is 2.46. The second-order valence-electron chi connectivity index (χ2n) is 4.79. The molecule has 1 aliphatic heterocycles. The molecule has 1 aromatic heterocycles. The van der Waals surface area contributed by atoms with Crippen LogP contribution in [0, 0.1) is 0 Å². The Kier molecular flexibility index (Phi) is 1.40. The summed E-state index contributed by atoms with van der Waals surface area (Å²) in [6, 6.07) is 8.70. The highest BCUT2D eigenvalue weighted by molar-refractivity contribution is 5.86. The number of aromatic nitrogens is 1. The van der Waals surface area contributed by atoms with Gasteiger partial charge in [-0.1, -0.05) is 18.2 Å². The van der Waals surface area contributed by atoms with Gasteiger partial charge in [0, 0.05) is 35.6 Å². The maximum absolute atomic E-state index is 3.61. The van der Waals surface area contributed by atoms with Crippen molar-refractivity contribution in [3.63, 3.8) is 0 Å². The second-order valence-corrected chi connectivity index (χ2v) is 4.79. The van der Waals surface area contributed by atoms with Crippen LogP contribution >= 0.6 is 0 Å². The molecule has 76 valence electrons. The van der Waals surface area contributed by atoms with Crippen molar-refractivity contribution in [3.8, 4) is 0 Å². The molecule has 2 bridgehead atoms. The van der Waals surface area contributed by atoms with Gasteiger partial charge in [0.15, 0.2) is 0 Å².